The van der Waals surface area contributed by atoms with Crippen molar-refractivity contribution < 1.29 is 22.7 Å². The Morgan fingerprint density at radius 3 is 2.54 bits per heavy atom. The Morgan fingerprint density at radius 2 is 1.87 bits per heavy atom. The van der Waals surface area contributed by atoms with Gasteiger partial charge in [0.2, 0.25) is 0 Å². The normalized spacial score (nSPS) is 14.8. The van der Waals surface area contributed by atoms with Crippen molar-refractivity contribution in [3.63, 3.8) is 0 Å². The van der Waals surface area contributed by atoms with Crippen LogP contribution in [0.15, 0.2) is 84.2 Å². The molecule has 0 unspecified atom stereocenters. The third-order valence-corrected chi connectivity index (χ3v) is 8.16. The Kier molecular flexibility index (Phi) is 9.77. The van der Waals surface area contributed by atoms with Gasteiger partial charge in [-0.25, -0.2) is 14.5 Å². The molecule has 4 aromatic rings. The lowest BCUT2D eigenvalue weighted by molar-refractivity contribution is -0.274. The molecule has 0 bridgehead atoms. The number of carbonyl (C=O) groups is 1. The summed E-state index contributed by atoms with van der Waals surface area (Å²) in [5, 5.41) is 17.4. The maximum Gasteiger partial charge on any atom is 0.573 e. The number of carbonyl (C=O) groups excluding carboxylic acids is 1. The molecular weight excluding hydrogens is 615 g/mol. The zero-order valence-electron chi connectivity index (χ0n) is 25.2. The summed E-state index contributed by atoms with van der Waals surface area (Å²) in [6, 6.07) is 19.8. The summed E-state index contributed by atoms with van der Waals surface area (Å²) < 4.78 is 42.6. The summed E-state index contributed by atoms with van der Waals surface area (Å²) in [4.78, 5) is 23.6. The number of halogens is 3. The maximum absolute atomic E-state index is 12.9. The zero-order chi connectivity index (χ0) is 32.8. The van der Waals surface area contributed by atoms with Gasteiger partial charge in [-0.1, -0.05) is 62.0 Å². The molecule has 2 heterocycles. The van der Waals surface area contributed by atoms with Gasteiger partial charge in [-0.15, -0.1) is 18.3 Å². The fourth-order valence-electron chi connectivity index (χ4n) is 5.08. The molecule has 9 nitrogen and oxygen atoms in total. The molecule has 3 aromatic carbocycles. The maximum atomic E-state index is 12.9. The molecule has 46 heavy (non-hydrogen) atoms. The lowest BCUT2D eigenvalue weighted by Gasteiger charge is -2.32. The average Bonchev–Trinajstić information content (AvgIpc) is 3.52. The van der Waals surface area contributed by atoms with Gasteiger partial charge >= 0.3 is 12.4 Å². The van der Waals surface area contributed by atoms with Crippen molar-refractivity contribution in [2.75, 3.05) is 17.2 Å². The summed E-state index contributed by atoms with van der Waals surface area (Å²) in [6.45, 7) is 7.15. The van der Waals surface area contributed by atoms with Crippen LogP contribution in [0, 0.1) is 18.3 Å². The van der Waals surface area contributed by atoms with Crippen LogP contribution in [0.4, 0.5) is 23.7 Å². The first-order valence-electron chi connectivity index (χ1n) is 14.4. The number of nitriles is 1. The van der Waals surface area contributed by atoms with Gasteiger partial charge in [0.15, 0.2) is 11.0 Å². The summed E-state index contributed by atoms with van der Waals surface area (Å²) in [5.41, 5.74) is 5.41. The highest BCUT2D eigenvalue weighted by atomic mass is 32.2. The van der Waals surface area contributed by atoms with Gasteiger partial charge in [0.05, 0.1) is 11.3 Å². The fourth-order valence-corrected chi connectivity index (χ4v) is 6.03. The number of anilines is 1. The first kappa shape index (κ1) is 32.3. The number of amides is 2. The minimum Gasteiger partial charge on any atom is -0.406 e. The van der Waals surface area contributed by atoms with Crippen molar-refractivity contribution in [2.45, 2.75) is 39.5 Å². The van der Waals surface area contributed by atoms with Gasteiger partial charge in [-0.2, -0.15) is 10.3 Å². The van der Waals surface area contributed by atoms with E-state index in [4.69, 9.17) is 0 Å². The number of amidine groups is 1. The minimum absolute atomic E-state index is 0.230. The van der Waals surface area contributed by atoms with Gasteiger partial charge in [0.1, 0.15) is 18.1 Å². The molecule has 0 spiro atoms. The Morgan fingerprint density at radius 1 is 1.13 bits per heavy atom. The topological polar surface area (TPSA) is 108 Å². The monoisotopic (exact) mass is 645 g/mol. The molecular formula is C33H30F3N7O2S. The van der Waals surface area contributed by atoms with Crippen LogP contribution in [0.3, 0.4) is 0 Å². The van der Waals surface area contributed by atoms with E-state index >= 15 is 0 Å². The molecule has 1 fully saturated rings. The summed E-state index contributed by atoms with van der Waals surface area (Å²) in [7, 11) is 0. The fraction of sp³-hybridized carbons (Fsp3) is 0.242. The number of nitrogens with one attached hydrogen (secondary N) is 1. The van der Waals surface area contributed by atoms with Crippen LogP contribution in [-0.2, 0) is 0 Å². The van der Waals surface area contributed by atoms with Crippen LogP contribution in [0.25, 0.3) is 22.6 Å². The van der Waals surface area contributed by atoms with E-state index < -0.39 is 12.4 Å². The molecule has 1 aliphatic heterocycles. The van der Waals surface area contributed by atoms with Crippen molar-refractivity contribution in [3.05, 3.63) is 95.9 Å². The molecule has 5 rings (SSSR count). The van der Waals surface area contributed by atoms with Crippen LogP contribution < -0.4 is 15.0 Å². The van der Waals surface area contributed by atoms with E-state index in [0.29, 0.717) is 33.7 Å². The number of aromatic nitrogens is 3. The second kappa shape index (κ2) is 13.9. The number of aliphatic imine (C=N–C) groups is 1. The van der Waals surface area contributed by atoms with Gasteiger partial charge in [-0.3, -0.25) is 0 Å². The second-order valence-corrected chi connectivity index (χ2v) is 11.7. The zero-order valence-corrected chi connectivity index (χ0v) is 26.1. The van der Waals surface area contributed by atoms with E-state index in [9.17, 15) is 23.2 Å². The Bertz CT molecular complexity index is 1810. The molecule has 0 atom stereocenters. The molecule has 0 saturated carbocycles. The number of allylic oxidation sites excluding steroid dienone is 1. The highest BCUT2D eigenvalue weighted by Crippen LogP contribution is 2.34. The smallest absolute Gasteiger partial charge is 0.406 e. The molecule has 13 heteroatoms. The summed E-state index contributed by atoms with van der Waals surface area (Å²) in [5.74, 6) is 1.19. The Balaban J connectivity index is 1.27. The van der Waals surface area contributed by atoms with Crippen molar-refractivity contribution in [1.29, 1.82) is 5.26 Å². The Hall–Kier alpha value is -5.09. The number of aryl methyl sites for hydroxylation is 1. The van der Waals surface area contributed by atoms with Crippen molar-refractivity contribution in [2.24, 2.45) is 4.99 Å². The number of rotatable bonds is 7. The molecule has 1 aromatic heterocycles. The van der Waals surface area contributed by atoms with E-state index in [0.717, 1.165) is 24.4 Å². The number of urea groups is 1. The Labute approximate surface area is 268 Å². The standard InChI is InChI=1S/C33H30F3N7O2S/c1-21(2)29-22(3)6-4-7-28(29)42-16-5-17-46-32(42)40-31(44)38-19-25(18-37)23-8-10-24(11-9-23)30-39-20-43(41-30)26-12-14-27(15-13-26)45-33(34,35)36/h4,6-15,19-21H,5,16-17H2,1-3H3,(H,38,44)/b25-19+,40-32-. The highest BCUT2D eigenvalue weighted by molar-refractivity contribution is 8.14. The van der Waals surface area contributed by atoms with Gasteiger partial charge < -0.3 is 15.0 Å². The molecule has 1 saturated heterocycles. The van der Waals surface area contributed by atoms with E-state index in [2.05, 4.69) is 69.0 Å². The number of benzene rings is 3. The lowest BCUT2D eigenvalue weighted by Crippen LogP contribution is -2.36. The van der Waals surface area contributed by atoms with Crippen LogP contribution in [0.2, 0.25) is 0 Å². The molecule has 1 aliphatic rings. The first-order chi connectivity index (χ1) is 22.0. The summed E-state index contributed by atoms with van der Waals surface area (Å²) >= 11 is 1.53. The van der Waals surface area contributed by atoms with Crippen molar-refractivity contribution >= 4 is 34.2 Å². The van der Waals surface area contributed by atoms with Crippen LogP contribution in [0.1, 0.15) is 42.9 Å². The largest absolute Gasteiger partial charge is 0.573 e. The SMILES string of the molecule is Cc1cccc(N2CCCS/C2=N\C(=O)N/C=C(\C#N)c2ccc(-c3ncn(-c4ccc(OC(F)(F)F)cc4)n3)cc2)c1C(C)C. The average molecular weight is 646 g/mol. The van der Waals surface area contributed by atoms with Gasteiger partial charge in [-0.05, 0) is 66.3 Å². The van der Waals surface area contributed by atoms with Crippen molar-refractivity contribution in [1.82, 2.24) is 20.1 Å². The number of ether oxygens (including phenoxy) is 1. The van der Waals surface area contributed by atoms with Gasteiger partial charge in [0, 0.05) is 29.7 Å². The van der Waals surface area contributed by atoms with Crippen molar-refractivity contribution in [3.8, 4) is 28.9 Å². The number of thioether (sulfide) groups is 1. The number of alkyl halides is 3. The van der Waals surface area contributed by atoms with E-state index in [1.165, 1.54) is 64.4 Å². The number of hydrogen-bond donors (Lipinski definition) is 1. The van der Waals surface area contributed by atoms with Crippen LogP contribution >= 0.6 is 11.8 Å². The third-order valence-electron chi connectivity index (χ3n) is 7.10. The predicted octanol–water partition coefficient (Wildman–Crippen LogP) is 7.84. The molecule has 1 N–H and O–H groups in total. The van der Waals surface area contributed by atoms with E-state index in [1.54, 1.807) is 24.3 Å². The lowest BCUT2D eigenvalue weighted by atomic mass is 9.95. The number of hydrogen-bond acceptors (Lipinski definition) is 6. The van der Waals surface area contributed by atoms with E-state index in [-0.39, 0.29) is 11.3 Å². The summed E-state index contributed by atoms with van der Waals surface area (Å²) in [6.07, 6.45) is -1.03. The molecule has 0 aliphatic carbocycles. The van der Waals surface area contributed by atoms with Gasteiger partial charge in [0.25, 0.3) is 0 Å². The quantitative estimate of drug-likeness (QED) is 0.204. The molecule has 236 valence electrons. The number of nitrogens with zero attached hydrogens (tertiary/aromatic N) is 6. The van der Waals surface area contributed by atoms with Crippen LogP contribution in [0.5, 0.6) is 5.75 Å². The third kappa shape index (κ3) is 7.76. The second-order valence-electron chi connectivity index (χ2n) is 10.7. The molecule has 0 radical (unpaired) electrons. The molecule has 2 amide bonds. The van der Waals surface area contributed by atoms with E-state index in [1.807, 2.05) is 6.07 Å². The van der Waals surface area contributed by atoms with Crippen LogP contribution in [-0.4, -0.2) is 44.6 Å². The first-order valence-corrected chi connectivity index (χ1v) is 15.4. The minimum atomic E-state index is -4.77. The highest BCUT2D eigenvalue weighted by Gasteiger charge is 2.31. The predicted molar refractivity (Wildman–Crippen MR) is 173 cm³/mol.